The first-order valence-electron chi connectivity index (χ1n) is 8.53. The van der Waals surface area contributed by atoms with Crippen LogP contribution < -0.4 is 4.74 Å². The molecule has 4 nitrogen and oxygen atoms in total. The van der Waals surface area contributed by atoms with Crippen LogP contribution in [0.15, 0.2) is 48.5 Å². The van der Waals surface area contributed by atoms with Gasteiger partial charge < -0.3 is 14.9 Å². The molecule has 134 valence electrons. The zero-order chi connectivity index (χ0) is 17.9. The van der Waals surface area contributed by atoms with E-state index < -0.39 is 11.7 Å². The number of aliphatic hydroxyl groups is 2. The summed E-state index contributed by atoms with van der Waals surface area (Å²) in [5.41, 5.74) is 0.444. The molecule has 0 saturated carbocycles. The van der Waals surface area contributed by atoms with Gasteiger partial charge in [0.25, 0.3) is 0 Å². The number of methoxy groups -OCH3 is 1. The number of ether oxygens (including phenoxy) is 1. The summed E-state index contributed by atoms with van der Waals surface area (Å²) < 4.78 is 18.4. The molecule has 1 aliphatic rings. The highest BCUT2D eigenvalue weighted by atomic mass is 19.1. The van der Waals surface area contributed by atoms with Crippen molar-refractivity contribution >= 4 is 0 Å². The van der Waals surface area contributed by atoms with Crippen LogP contribution in [0.2, 0.25) is 0 Å². The van der Waals surface area contributed by atoms with Crippen molar-refractivity contribution in [1.82, 2.24) is 4.90 Å². The Hall–Kier alpha value is -1.95. The van der Waals surface area contributed by atoms with Gasteiger partial charge in [-0.3, -0.25) is 4.90 Å². The number of hydrogen-bond donors (Lipinski definition) is 2. The predicted molar refractivity (Wildman–Crippen MR) is 93.9 cm³/mol. The van der Waals surface area contributed by atoms with Crippen LogP contribution in [0.4, 0.5) is 4.39 Å². The Morgan fingerprint density at radius 3 is 2.64 bits per heavy atom. The molecule has 0 amide bonds. The van der Waals surface area contributed by atoms with Crippen LogP contribution in [0.3, 0.4) is 0 Å². The second-order valence-corrected chi connectivity index (χ2v) is 6.64. The number of para-hydroxylation sites is 1. The summed E-state index contributed by atoms with van der Waals surface area (Å²) in [6, 6.07) is 13.4. The topological polar surface area (TPSA) is 52.9 Å². The van der Waals surface area contributed by atoms with E-state index in [1.165, 1.54) is 12.1 Å². The second kappa shape index (κ2) is 7.52. The second-order valence-electron chi connectivity index (χ2n) is 6.64. The molecule has 5 heteroatoms. The third-order valence-corrected chi connectivity index (χ3v) is 4.84. The Balaban J connectivity index is 1.73. The lowest BCUT2D eigenvalue weighted by Gasteiger charge is -2.40. The van der Waals surface area contributed by atoms with E-state index in [0.717, 1.165) is 18.5 Å². The summed E-state index contributed by atoms with van der Waals surface area (Å²) >= 11 is 0. The van der Waals surface area contributed by atoms with Crippen molar-refractivity contribution in [2.24, 2.45) is 0 Å². The van der Waals surface area contributed by atoms with Crippen LogP contribution >= 0.6 is 0 Å². The maximum Gasteiger partial charge on any atom is 0.124 e. The summed E-state index contributed by atoms with van der Waals surface area (Å²) in [6.45, 7) is 1.62. The first kappa shape index (κ1) is 17.9. The van der Waals surface area contributed by atoms with Crippen LogP contribution in [0.5, 0.6) is 5.75 Å². The molecule has 0 aromatic heterocycles. The van der Waals surface area contributed by atoms with Crippen LogP contribution in [-0.4, -0.2) is 41.9 Å². The Morgan fingerprint density at radius 1 is 1.20 bits per heavy atom. The molecule has 3 rings (SSSR count). The number of piperidine rings is 1. The van der Waals surface area contributed by atoms with Crippen LogP contribution in [0.1, 0.15) is 30.1 Å². The smallest absolute Gasteiger partial charge is 0.124 e. The summed E-state index contributed by atoms with van der Waals surface area (Å²) in [5, 5.41) is 21.6. The normalized spacial score (nSPS) is 22.6. The average Bonchev–Trinajstić information content (AvgIpc) is 2.62. The molecule has 0 bridgehead atoms. The van der Waals surface area contributed by atoms with Crippen LogP contribution in [0, 0.1) is 5.82 Å². The van der Waals surface area contributed by atoms with Crippen molar-refractivity contribution in [3.05, 3.63) is 65.5 Å². The summed E-state index contributed by atoms with van der Waals surface area (Å²) in [5.74, 6) is 0.352. The van der Waals surface area contributed by atoms with E-state index in [1.54, 1.807) is 19.2 Å². The molecular formula is C20H24FNO3. The fourth-order valence-corrected chi connectivity index (χ4v) is 3.56. The number of halogens is 1. The molecule has 0 radical (unpaired) electrons. The van der Waals surface area contributed by atoms with Gasteiger partial charge in [-0.05, 0) is 43.1 Å². The molecule has 1 aliphatic heterocycles. The summed E-state index contributed by atoms with van der Waals surface area (Å²) in [7, 11) is 1.60. The molecule has 2 atom stereocenters. The molecule has 0 aliphatic carbocycles. The predicted octanol–water partition coefficient (Wildman–Crippen LogP) is 2.85. The largest absolute Gasteiger partial charge is 0.496 e. The zero-order valence-electron chi connectivity index (χ0n) is 14.4. The molecular weight excluding hydrogens is 321 g/mol. The molecule has 25 heavy (non-hydrogen) atoms. The van der Waals surface area contributed by atoms with Crippen molar-refractivity contribution in [2.45, 2.75) is 24.5 Å². The fraction of sp³-hybridized carbons (Fsp3) is 0.400. The third-order valence-electron chi connectivity index (χ3n) is 4.84. The lowest BCUT2D eigenvalue weighted by atomic mass is 9.85. The van der Waals surface area contributed by atoms with Crippen LogP contribution in [-0.2, 0) is 5.60 Å². The Labute approximate surface area is 147 Å². The molecule has 0 spiro atoms. The number of rotatable bonds is 5. The molecule has 0 unspecified atom stereocenters. The number of nitrogens with zero attached hydrogens (tertiary/aromatic N) is 1. The van der Waals surface area contributed by atoms with E-state index in [0.29, 0.717) is 30.8 Å². The minimum Gasteiger partial charge on any atom is -0.496 e. The number of hydrogen-bond acceptors (Lipinski definition) is 4. The van der Waals surface area contributed by atoms with E-state index in [9.17, 15) is 14.6 Å². The highest BCUT2D eigenvalue weighted by Crippen LogP contribution is 2.37. The van der Waals surface area contributed by atoms with Gasteiger partial charge in [0.05, 0.1) is 13.2 Å². The quantitative estimate of drug-likeness (QED) is 0.875. The Bertz CT molecular complexity index is 706. The zero-order valence-corrected chi connectivity index (χ0v) is 14.4. The van der Waals surface area contributed by atoms with Gasteiger partial charge >= 0.3 is 0 Å². The molecule has 2 aromatic rings. The first-order valence-corrected chi connectivity index (χ1v) is 8.53. The van der Waals surface area contributed by atoms with Crippen molar-refractivity contribution < 1.29 is 19.3 Å². The van der Waals surface area contributed by atoms with Gasteiger partial charge in [-0.1, -0.05) is 30.3 Å². The van der Waals surface area contributed by atoms with E-state index in [-0.39, 0.29) is 5.82 Å². The molecule has 1 heterocycles. The SMILES string of the molecule is COc1ccccc1[C@]1(O)CCCN(C[C@H](O)c2ccc(F)cc2)C1. The number of aliphatic hydroxyl groups excluding tert-OH is 1. The Morgan fingerprint density at radius 2 is 1.92 bits per heavy atom. The monoisotopic (exact) mass is 345 g/mol. The maximum atomic E-state index is 13.0. The van der Waals surface area contributed by atoms with Gasteiger partial charge in [0.1, 0.15) is 17.2 Å². The lowest BCUT2D eigenvalue weighted by molar-refractivity contribution is -0.0474. The van der Waals surface area contributed by atoms with Gasteiger partial charge in [-0.15, -0.1) is 0 Å². The highest BCUT2D eigenvalue weighted by Gasteiger charge is 2.37. The maximum absolute atomic E-state index is 13.0. The number of benzene rings is 2. The molecule has 2 N–H and O–H groups in total. The standard InChI is InChI=1S/C20H24FNO3/c1-25-19-6-3-2-5-17(19)20(24)11-4-12-22(14-20)13-18(23)15-7-9-16(21)10-8-15/h2-3,5-10,18,23-24H,4,11-14H2,1H3/t18-,20-/m0/s1. The Kier molecular flexibility index (Phi) is 5.37. The van der Waals surface area contributed by atoms with Crippen molar-refractivity contribution in [1.29, 1.82) is 0 Å². The van der Waals surface area contributed by atoms with Crippen molar-refractivity contribution in [3.8, 4) is 5.75 Å². The van der Waals surface area contributed by atoms with Crippen molar-refractivity contribution in [2.75, 3.05) is 26.7 Å². The average molecular weight is 345 g/mol. The van der Waals surface area contributed by atoms with Gasteiger partial charge in [0, 0.05) is 18.7 Å². The first-order chi connectivity index (χ1) is 12.0. The van der Waals surface area contributed by atoms with Gasteiger partial charge in [-0.25, -0.2) is 4.39 Å². The van der Waals surface area contributed by atoms with Crippen LogP contribution in [0.25, 0.3) is 0 Å². The minimum atomic E-state index is -1.01. The van der Waals surface area contributed by atoms with Crippen molar-refractivity contribution in [3.63, 3.8) is 0 Å². The van der Waals surface area contributed by atoms with E-state index in [4.69, 9.17) is 4.74 Å². The van der Waals surface area contributed by atoms with E-state index in [2.05, 4.69) is 0 Å². The molecule has 1 saturated heterocycles. The number of β-amino-alcohol motifs (C(OH)–C–C–N with tert-alkyl or cyclic N) is 2. The fourth-order valence-electron chi connectivity index (χ4n) is 3.56. The van der Waals surface area contributed by atoms with E-state index >= 15 is 0 Å². The molecule has 2 aromatic carbocycles. The molecule has 1 fully saturated rings. The third kappa shape index (κ3) is 4.00. The minimum absolute atomic E-state index is 0.320. The lowest BCUT2D eigenvalue weighted by Crippen LogP contribution is -2.47. The van der Waals surface area contributed by atoms with E-state index in [1.807, 2.05) is 29.2 Å². The number of likely N-dealkylation sites (tertiary alicyclic amines) is 1. The van der Waals surface area contributed by atoms with Gasteiger partial charge in [-0.2, -0.15) is 0 Å². The summed E-state index contributed by atoms with van der Waals surface area (Å²) in [4.78, 5) is 2.05. The van der Waals surface area contributed by atoms with Gasteiger partial charge in [0.2, 0.25) is 0 Å². The highest BCUT2D eigenvalue weighted by molar-refractivity contribution is 5.38. The van der Waals surface area contributed by atoms with Gasteiger partial charge in [0.15, 0.2) is 0 Å². The summed E-state index contributed by atoms with van der Waals surface area (Å²) in [6.07, 6.45) is 0.752.